The highest BCUT2D eigenvalue weighted by Gasteiger charge is 2.38. The van der Waals surface area contributed by atoms with Crippen LogP contribution in [0, 0.1) is 5.92 Å². The van der Waals surface area contributed by atoms with Gasteiger partial charge in [-0.15, -0.1) is 0 Å². The number of carboxylic acids is 1. The monoisotopic (exact) mass is 374 g/mol. The highest BCUT2D eigenvalue weighted by Crippen LogP contribution is 2.20. The first-order chi connectivity index (χ1) is 11.7. The molecule has 0 aromatic heterocycles. The lowest BCUT2D eigenvalue weighted by molar-refractivity contribution is -0.143. The number of nitrogens with one attached hydrogen (secondary N) is 2. The van der Waals surface area contributed by atoms with E-state index in [-0.39, 0.29) is 17.6 Å². The smallest absolute Gasteiger partial charge is 0.322 e. The van der Waals surface area contributed by atoms with Gasteiger partial charge in [0.2, 0.25) is 17.7 Å². The maximum absolute atomic E-state index is 12.8. The van der Waals surface area contributed by atoms with Gasteiger partial charge < -0.3 is 26.4 Å². The Balaban J connectivity index is 2.83. The maximum atomic E-state index is 12.8. The van der Waals surface area contributed by atoms with Gasteiger partial charge in [0.25, 0.3) is 0 Å². The minimum Gasteiger partial charge on any atom is -0.480 e. The van der Waals surface area contributed by atoms with Gasteiger partial charge in [-0.1, -0.05) is 13.8 Å². The zero-order valence-corrected chi connectivity index (χ0v) is 15.3. The van der Waals surface area contributed by atoms with Crippen LogP contribution in [0.2, 0.25) is 0 Å². The summed E-state index contributed by atoms with van der Waals surface area (Å²) in [5.74, 6) is -2.57. The van der Waals surface area contributed by atoms with Gasteiger partial charge in [-0.05, 0) is 18.8 Å². The molecule has 0 aromatic carbocycles. The second kappa shape index (κ2) is 9.62. The number of amides is 3. The fraction of sp³-hybridized carbons (Fsp3) is 0.733. The Bertz CT molecular complexity index is 528. The van der Waals surface area contributed by atoms with E-state index in [1.807, 2.05) is 0 Å². The third-order valence-corrected chi connectivity index (χ3v) is 4.41. The Morgan fingerprint density at radius 2 is 1.96 bits per heavy atom. The van der Waals surface area contributed by atoms with Crippen molar-refractivity contribution in [3.8, 4) is 0 Å². The van der Waals surface area contributed by atoms with Gasteiger partial charge in [0.1, 0.15) is 18.6 Å². The molecule has 1 aliphatic heterocycles. The molecule has 0 aliphatic carbocycles. The predicted octanol–water partition coefficient (Wildman–Crippen LogP) is -1.42. The molecule has 3 atom stereocenters. The van der Waals surface area contributed by atoms with Crippen molar-refractivity contribution in [2.75, 3.05) is 18.8 Å². The molecule has 3 unspecified atom stereocenters. The summed E-state index contributed by atoms with van der Waals surface area (Å²) >= 11 is 3.97. The van der Waals surface area contributed by atoms with Crippen LogP contribution < -0.4 is 16.4 Å². The van der Waals surface area contributed by atoms with Gasteiger partial charge in [0.05, 0.1) is 6.04 Å². The summed E-state index contributed by atoms with van der Waals surface area (Å²) in [5.41, 5.74) is 5.63. The number of likely N-dealkylation sites (tertiary alicyclic amines) is 1. The van der Waals surface area contributed by atoms with Crippen LogP contribution in [0.5, 0.6) is 0 Å². The summed E-state index contributed by atoms with van der Waals surface area (Å²) in [6.45, 7) is 3.44. The molecule has 25 heavy (non-hydrogen) atoms. The molecule has 1 aliphatic rings. The predicted molar refractivity (Wildman–Crippen MR) is 94.0 cm³/mol. The average molecular weight is 374 g/mol. The standard InChI is InChI=1S/C15H26N4O5S/c1-8(2)12(18-13(22)9(16)7-25)15(24)19-5-3-4-10(19)14(23)17-6-11(20)21/h8-10,12,25H,3-7,16H2,1-2H3,(H,17,23)(H,18,22)(H,20,21). The maximum Gasteiger partial charge on any atom is 0.322 e. The number of nitrogens with zero attached hydrogens (tertiary/aromatic N) is 1. The molecule has 9 nitrogen and oxygen atoms in total. The molecule has 0 radical (unpaired) electrons. The topological polar surface area (TPSA) is 142 Å². The number of carbonyl (C=O) groups is 4. The fourth-order valence-corrected chi connectivity index (χ4v) is 2.78. The fourth-order valence-electron chi connectivity index (χ4n) is 2.62. The first kappa shape index (κ1) is 21.2. The number of carbonyl (C=O) groups excluding carboxylic acids is 3. The average Bonchev–Trinajstić information content (AvgIpc) is 3.05. The van der Waals surface area contributed by atoms with Gasteiger partial charge in [-0.25, -0.2) is 0 Å². The van der Waals surface area contributed by atoms with Crippen molar-refractivity contribution < 1.29 is 24.3 Å². The van der Waals surface area contributed by atoms with Crippen molar-refractivity contribution in [1.82, 2.24) is 15.5 Å². The lowest BCUT2D eigenvalue weighted by Crippen LogP contribution is -2.57. The Morgan fingerprint density at radius 1 is 1.32 bits per heavy atom. The minimum atomic E-state index is -1.16. The summed E-state index contributed by atoms with van der Waals surface area (Å²) in [7, 11) is 0. The second-order valence-corrected chi connectivity index (χ2v) is 6.69. The number of hydrogen-bond acceptors (Lipinski definition) is 6. The molecule has 0 spiro atoms. The molecular formula is C15H26N4O5S. The van der Waals surface area contributed by atoms with Gasteiger partial charge in [-0.3, -0.25) is 19.2 Å². The van der Waals surface area contributed by atoms with E-state index in [0.29, 0.717) is 19.4 Å². The number of nitrogens with two attached hydrogens (primary N) is 1. The molecule has 1 rings (SSSR count). The summed E-state index contributed by atoms with van der Waals surface area (Å²) in [6.07, 6.45) is 1.08. The van der Waals surface area contributed by atoms with Crippen LogP contribution in [0.3, 0.4) is 0 Å². The van der Waals surface area contributed by atoms with E-state index in [1.165, 1.54) is 4.90 Å². The van der Waals surface area contributed by atoms with E-state index >= 15 is 0 Å². The molecule has 1 heterocycles. The Labute approximate surface area is 152 Å². The Morgan fingerprint density at radius 3 is 2.48 bits per heavy atom. The third-order valence-electron chi connectivity index (χ3n) is 4.02. The SMILES string of the molecule is CC(C)C(NC(=O)C(N)CS)C(=O)N1CCCC1C(=O)NCC(=O)O. The Hall–Kier alpha value is -1.81. The van der Waals surface area contributed by atoms with Crippen molar-refractivity contribution in [3.63, 3.8) is 0 Å². The molecule has 0 bridgehead atoms. The minimum absolute atomic E-state index is 0.148. The number of rotatable bonds is 8. The number of aliphatic carboxylic acids is 1. The van der Waals surface area contributed by atoms with Crippen molar-refractivity contribution in [2.24, 2.45) is 11.7 Å². The molecule has 1 fully saturated rings. The summed E-state index contributed by atoms with van der Waals surface area (Å²) in [6, 6.07) is -2.37. The van der Waals surface area contributed by atoms with Crippen molar-refractivity contribution in [1.29, 1.82) is 0 Å². The zero-order valence-electron chi connectivity index (χ0n) is 14.4. The lowest BCUT2D eigenvalue weighted by atomic mass is 10.0. The van der Waals surface area contributed by atoms with Crippen LogP contribution in [0.15, 0.2) is 0 Å². The van der Waals surface area contributed by atoms with E-state index in [0.717, 1.165) is 0 Å². The highest BCUT2D eigenvalue weighted by atomic mass is 32.1. The second-order valence-electron chi connectivity index (χ2n) is 6.32. The van der Waals surface area contributed by atoms with Gasteiger partial charge in [0.15, 0.2) is 0 Å². The molecule has 0 aromatic rings. The summed E-state index contributed by atoms with van der Waals surface area (Å²) in [4.78, 5) is 49.0. The van der Waals surface area contributed by atoms with Crippen molar-refractivity contribution in [2.45, 2.75) is 44.8 Å². The van der Waals surface area contributed by atoms with Crippen LogP contribution in [0.4, 0.5) is 0 Å². The number of carboxylic acid groups (broad SMARTS) is 1. The van der Waals surface area contributed by atoms with Crippen LogP contribution >= 0.6 is 12.6 Å². The molecule has 10 heteroatoms. The van der Waals surface area contributed by atoms with E-state index in [1.54, 1.807) is 13.8 Å². The van der Waals surface area contributed by atoms with E-state index < -0.39 is 42.5 Å². The number of hydrogen-bond donors (Lipinski definition) is 5. The van der Waals surface area contributed by atoms with E-state index in [4.69, 9.17) is 10.8 Å². The Kier molecular flexibility index (Phi) is 8.17. The largest absolute Gasteiger partial charge is 0.480 e. The molecule has 1 saturated heterocycles. The van der Waals surface area contributed by atoms with Gasteiger partial charge in [0, 0.05) is 12.3 Å². The van der Waals surface area contributed by atoms with E-state index in [9.17, 15) is 19.2 Å². The highest BCUT2D eigenvalue weighted by molar-refractivity contribution is 7.80. The summed E-state index contributed by atoms with van der Waals surface area (Å²) in [5, 5.41) is 13.6. The lowest BCUT2D eigenvalue weighted by Gasteiger charge is -2.30. The molecule has 0 saturated carbocycles. The zero-order chi connectivity index (χ0) is 19.1. The normalized spacial score (nSPS) is 19.4. The van der Waals surface area contributed by atoms with Crippen LogP contribution in [-0.4, -0.2) is 70.7 Å². The van der Waals surface area contributed by atoms with Gasteiger partial charge in [-0.2, -0.15) is 12.6 Å². The van der Waals surface area contributed by atoms with Crippen LogP contribution in [0.1, 0.15) is 26.7 Å². The van der Waals surface area contributed by atoms with Crippen molar-refractivity contribution >= 4 is 36.3 Å². The quantitative estimate of drug-likeness (QED) is 0.330. The van der Waals surface area contributed by atoms with Crippen molar-refractivity contribution in [3.05, 3.63) is 0 Å². The molecule has 3 amide bonds. The first-order valence-electron chi connectivity index (χ1n) is 8.15. The number of thiol groups is 1. The molecular weight excluding hydrogens is 348 g/mol. The van der Waals surface area contributed by atoms with Crippen LogP contribution in [0.25, 0.3) is 0 Å². The molecule has 5 N–H and O–H groups in total. The van der Waals surface area contributed by atoms with Gasteiger partial charge >= 0.3 is 5.97 Å². The van der Waals surface area contributed by atoms with E-state index in [2.05, 4.69) is 23.3 Å². The first-order valence-corrected chi connectivity index (χ1v) is 8.79. The molecule has 142 valence electrons. The van der Waals surface area contributed by atoms with Crippen LogP contribution in [-0.2, 0) is 19.2 Å². The third kappa shape index (κ3) is 5.89. The summed E-state index contributed by atoms with van der Waals surface area (Å²) < 4.78 is 0.